The number of nitrogen functional groups attached to an aromatic ring is 1. The van der Waals surface area contributed by atoms with Crippen LogP contribution in [0, 0.1) is 0 Å². The van der Waals surface area contributed by atoms with Gasteiger partial charge in [-0.15, -0.1) is 0 Å². The molecule has 1 rings (SSSR count). The van der Waals surface area contributed by atoms with Crippen molar-refractivity contribution in [3.8, 4) is 0 Å². The summed E-state index contributed by atoms with van der Waals surface area (Å²) in [4.78, 5) is 13.5. The molecule has 18 heavy (non-hydrogen) atoms. The van der Waals surface area contributed by atoms with Crippen molar-refractivity contribution >= 4 is 23.2 Å². The van der Waals surface area contributed by atoms with Crippen molar-refractivity contribution in [2.24, 2.45) is 0 Å². The first-order valence-corrected chi connectivity index (χ1v) is 6.41. The number of benzene rings is 1. The van der Waals surface area contributed by atoms with E-state index in [4.69, 9.17) is 17.3 Å². The highest BCUT2D eigenvalue weighted by Gasteiger charge is 2.10. The first kappa shape index (κ1) is 14.8. The molecule has 0 bridgehead atoms. The first-order chi connectivity index (χ1) is 8.56. The van der Waals surface area contributed by atoms with Crippen LogP contribution in [0.4, 0.5) is 5.69 Å². The molecule has 0 spiro atoms. The maximum absolute atomic E-state index is 11.4. The standard InChI is InChI=1S/C13H20ClN3O/c1-3-6-17(9-13(18)16-2)8-10-4-5-11(14)12(15)7-10/h4-5,7H,3,6,8-9,15H2,1-2H3,(H,16,18). The summed E-state index contributed by atoms with van der Waals surface area (Å²) in [7, 11) is 1.65. The number of nitrogens with two attached hydrogens (primary N) is 1. The van der Waals surface area contributed by atoms with Crippen LogP contribution in [-0.2, 0) is 11.3 Å². The topological polar surface area (TPSA) is 58.4 Å². The second-order valence-electron chi connectivity index (χ2n) is 4.24. The van der Waals surface area contributed by atoms with E-state index < -0.39 is 0 Å². The predicted molar refractivity (Wildman–Crippen MR) is 75.5 cm³/mol. The molecule has 1 aromatic rings. The summed E-state index contributed by atoms with van der Waals surface area (Å²) in [6.07, 6.45) is 1.00. The fourth-order valence-corrected chi connectivity index (χ4v) is 1.88. The molecule has 5 heteroatoms. The molecule has 1 aromatic carbocycles. The molecular weight excluding hydrogens is 250 g/mol. The van der Waals surface area contributed by atoms with Crippen LogP contribution in [-0.4, -0.2) is 30.9 Å². The van der Waals surface area contributed by atoms with Crippen molar-refractivity contribution in [1.29, 1.82) is 0 Å². The van der Waals surface area contributed by atoms with E-state index in [-0.39, 0.29) is 5.91 Å². The van der Waals surface area contributed by atoms with E-state index in [1.54, 1.807) is 13.1 Å². The van der Waals surface area contributed by atoms with Gasteiger partial charge in [0.1, 0.15) is 0 Å². The summed E-state index contributed by atoms with van der Waals surface area (Å²) in [6, 6.07) is 5.58. The van der Waals surface area contributed by atoms with Crippen molar-refractivity contribution in [2.45, 2.75) is 19.9 Å². The molecule has 3 N–H and O–H groups in total. The number of nitrogens with one attached hydrogen (secondary N) is 1. The Kier molecular flexibility index (Phi) is 5.95. The molecule has 0 radical (unpaired) electrons. The lowest BCUT2D eigenvalue weighted by Gasteiger charge is -2.21. The molecule has 0 aliphatic carbocycles. The number of hydrogen-bond donors (Lipinski definition) is 2. The molecule has 0 aliphatic rings. The fourth-order valence-electron chi connectivity index (χ4n) is 1.76. The highest BCUT2D eigenvalue weighted by Crippen LogP contribution is 2.20. The fraction of sp³-hybridized carbons (Fsp3) is 0.462. The third-order valence-corrected chi connectivity index (χ3v) is 3.00. The van der Waals surface area contributed by atoms with Gasteiger partial charge in [0.2, 0.25) is 5.91 Å². The Balaban J connectivity index is 2.69. The van der Waals surface area contributed by atoms with Crippen molar-refractivity contribution in [3.05, 3.63) is 28.8 Å². The number of rotatable bonds is 6. The number of carbonyl (C=O) groups excluding carboxylic acids is 1. The molecular formula is C13H20ClN3O. The Hall–Kier alpha value is -1.26. The van der Waals surface area contributed by atoms with Gasteiger partial charge in [-0.25, -0.2) is 0 Å². The van der Waals surface area contributed by atoms with Crippen molar-refractivity contribution in [3.63, 3.8) is 0 Å². The van der Waals surface area contributed by atoms with Gasteiger partial charge in [0.05, 0.1) is 17.3 Å². The van der Waals surface area contributed by atoms with Crippen LogP contribution in [0.15, 0.2) is 18.2 Å². The Morgan fingerprint density at radius 2 is 2.22 bits per heavy atom. The lowest BCUT2D eigenvalue weighted by atomic mass is 10.2. The average molecular weight is 270 g/mol. The average Bonchev–Trinajstić information content (AvgIpc) is 2.34. The van der Waals surface area contributed by atoms with Gasteiger partial charge in [-0.05, 0) is 30.7 Å². The number of likely N-dealkylation sites (N-methyl/N-ethyl adjacent to an activating group) is 1. The maximum atomic E-state index is 11.4. The monoisotopic (exact) mass is 269 g/mol. The Morgan fingerprint density at radius 3 is 2.78 bits per heavy atom. The van der Waals surface area contributed by atoms with Gasteiger partial charge in [-0.1, -0.05) is 24.6 Å². The SMILES string of the molecule is CCCN(CC(=O)NC)Cc1ccc(Cl)c(N)c1. The number of carbonyl (C=O) groups is 1. The molecule has 0 unspecified atom stereocenters. The minimum atomic E-state index is 0.0189. The molecule has 100 valence electrons. The first-order valence-electron chi connectivity index (χ1n) is 6.03. The van der Waals surface area contributed by atoms with Crippen molar-refractivity contribution in [2.75, 3.05) is 25.9 Å². The lowest BCUT2D eigenvalue weighted by molar-refractivity contribution is -0.121. The highest BCUT2D eigenvalue weighted by atomic mass is 35.5. The quantitative estimate of drug-likeness (QED) is 0.776. The van der Waals surface area contributed by atoms with Crippen LogP contribution in [0.5, 0.6) is 0 Å². The molecule has 0 saturated heterocycles. The van der Waals surface area contributed by atoms with E-state index in [0.717, 1.165) is 18.5 Å². The number of anilines is 1. The van der Waals surface area contributed by atoms with Gasteiger partial charge in [0.15, 0.2) is 0 Å². The Bertz CT molecular complexity index is 409. The van der Waals surface area contributed by atoms with Gasteiger partial charge in [0.25, 0.3) is 0 Å². The van der Waals surface area contributed by atoms with Gasteiger partial charge < -0.3 is 11.1 Å². The van der Waals surface area contributed by atoms with Crippen molar-refractivity contribution < 1.29 is 4.79 Å². The number of halogens is 1. The van der Waals surface area contributed by atoms with E-state index in [1.807, 2.05) is 12.1 Å². The zero-order valence-corrected chi connectivity index (χ0v) is 11.6. The zero-order valence-electron chi connectivity index (χ0n) is 10.9. The van der Waals surface area contributed by atoms with Crippen LogP contribution in [0.25, 0.3) is 0 Å². The summed E-state index contributed by atoms with van der Waals surface area (Å²) in [5, 5.41) is 3.20. The number of nitrogens with zero attached hydrogens (tertiary/aromatic N) is 1. The summed E-state index contributed by atoms with van der Waals surface area (Å²) in [5.74, 6) is 0.0189. The molecule has 0 heterocycles. The molecule has 1 amide bonds. The van der Waals surface area contributed by atoms with Crippen LogP contribution in [0.3, 0.4) is 0 Å². The Morgan fingerprint density at radius 1 is 1.50 bits per heavy atom. The molecule has 0 atom stereocenters. The van der Waals surface area contributed by atoms with E-state index >= 15 is 0 Å². The molecule has 0 saturated carbocycles. The molecule has 0 fully saturated rings. The van der Waals surface area contributed by atoms with E-state index in [9.17, 15) is 4.79 Å². The van der Waals surface area contributed by atoms with Crippen LogP contribution in [0.1, 0.15) is 18.9 Å². The zero-order chi connectivity index (χ0) is 13.5. The smallest absolute Gasteiger partial charge is 0.233 e. The summed E-state index contributed by atoms with van der Waals surface area (Å²) >= 11 is 5.88. The molecule has 0 aliphatic heterocycles. The summed E-state index contributed by atoms with van der Waals surface area (Å²) in [6.45, 7) is 4.05. The van der Waals surface area contributed by atoms with E-state index in [0.29, 0.717) is 23.8 Å². The molecule has 0 aromatic heterocycles. The summed E-state index contributed by atoms with van der Waals surface area (Å²) < 4.78 is 0. The van der Waals surface area contributed by atoms with Gasteiger partial charge in [-0.2, -0.15) is 0 Å². The van der Waals surface area contributed by atoms with Crippen molar-refractivity contribution in [1.82, 2.24) is 10.2 Å². The van der Waals surface area contributed by atoms with Gasteiger partial charge >= 0.3 is 0 Å². The summed E-state index contributed by atoms with van der Waals surface area (Å²) in [5.41, 5.74) is 7.41. The van der Waals surface area contributed by atoms with Gasteiger partial charge in [-0.3, -0.25) is 9.69 Å². The molecule has 4 nitrogen and oxygen atoms in total. The van der Waals surface area contributed by atoms with Crippen LogP contribution >= 0.6 is 11.6 Å². The lowest BCUT2D eigenvalue weighted by Crippen LogP contribution is -2.35. The second kappa shape index (κ2) is 7.24. The normalized spacial score (nSPS) is 10.7. The van der Waals surface area contributed by atoms with Crippen LogP contribution in [0.2, 0.25) is 5.02 Å². The minimum absolute atomic E-state index is 0.0189. The second-order valence-corrected chi connectivity index (χ2v) is 4.65. The highest BCUT2D eigenvalue weighted by molar-refractivity contribution is 6.33. The van der Waals surface area contributed by atoms with Gasteiger partial charge in [0, 0.05) is 13.6 Å². The largest absolute Gasteiger partial charge is 0.398 e. The maximum Gasteiger partial charge on any atom is 0.233 e. The third kappa shape index (κ3) is 4.55. The Labute approximate surface area is 113 Å². The van der Waals surface area contributed by atoms with Crippen LogP contribution < -0.4 is 11.1 Å². The number of hydrogen-bond acceptors (Lipinski definition) is 3. The van der Waals surface area contributed by atoms with E-state index in [1.165, 1.54) is 0 Å². The van der Waals surface area contributed by atoms with E-state index in [2.05, 4.69) is 17.1 Å². The minimum Gasteiger partial charge on any atom is -0.398 e. The predicted octanol–water partition coefficient (Wildman–Crippen LogP) is 1.88. The number of amides is 1. The third-order valence-electron chi connectivity index (χ3n) is 2.65.